The molecule has 1 amide bonds. The molecule has 1 N–H and O–H groups in total. The van der Waals surface area contributed by atoms with E-state index in [9.17, 15) is 14.4 Å². The summed E-state index contributed by atoms with van der Waals surface area (Å²) in [6.07, 6.45) is 1.38. The Morgan fingerprint density at radius 2 is 2.14 bits per heavy atom. The van der Waals surface area contributed by atoms with Gasteiger partial charge in [0.25, 0.3) is 5.56 Å². The van der Waals surface area contributed by atoms with Crippen LogP contribution in [0.2, 0.25) is 0 Å². The maximum atomic E-state index is 12.2. The first-order valence-electron chi connectivity index (χ1n) is 6.57. The Hall–Kier alpha value is -2.36. The lowest BCUT2D eigenvalue weighted by molar-refractivity contribution is -0.120. The van der Waals surface area contributed by atoms with Crippen LogP contribution in [0.3, 0.4) is 0 Å². The molecule has 0 bridgehead atoms. The van der Waals surface area contributed by atoms with Gasteiger partial charge in [-0.05, 0) is 0 Å². The topological polar surface area (TPSA) is 103 Å². The number of aliphatic imine (C=N–C) groups is 1. The quantitative estimate of drug-likeness (QED) is 0.736. The molecule has 1 aliphatic heterocycles. The normalized spacial score (nSPS) is 14.4. The Balaban J connectivity index is 1.97. The number of amidine groups is 1. The molecule has 0 atom stereocenters. The zero-order valence-electron chi connectivity index (χ0n) is 12.1. The van der Waals surface area contributed by atoms with Crippen molar-refractivity contribution in [1.29, 1.82) is 0 Å². The second-order valence-corrected chi connectivity index (χ2v) is 5.92. The van der Waals surface area contributed by atoms with E-state index in [1.807, 2.05) is 0 Å². The minimum absolute atomic E-state index is 0.0659. The summed E-state index contributed by atoms with van der Waals surface area (Å²) in [5, 5.41) is 3.28. The van der Waals surface area contributed by atoms with Crippen LogP contribution in [0.15, 0.2) is 20.9 Å². The second kappa shape index (κ2) is 5.44. The number of nitrogens with zero attached hydrogens (tertiary/aromatic N) is 5. The van der Waals surface area contributed by atoms with Crippen LogP contribution in [-0.4, -0.2) is 42.1 Å². The standard InChI is InChI=1S/C12H14N6O3S/c1-16-9-8(10(20)17(2)12(16)21)18(6-14-9)5-7(19)15-11-13-3-4-22-11/h6H,3-5H2,1-2H3,(H,13,15,19). The Labute approximate surface area is 128 Å². The largest absolute Gasteiger partial charge is 0.332 e. The highest BCUT2D eigenvalue weighted by Gasteiger charge is 2.17. The number of aromatic nitrogens is 4. The molecule has 0 aromatic carbocycles. The highest BCUT2D eigenvalue weighted by molar-refractivity contribution is 8.14. The van der Waals surface area contributed by atoms with E-state index in [1.165, 1.54) is 41.3 Å². The van der Waals surface area contributed by atoms with E-state index in [2.05, 4.69) is 15.3 Å². The summed E-state index contributed by atoms with van der Waals surface area (Å²) in [5.74, 6) is 0.565. The van der Waals surface area contributed by atoms with Crippen molar-refractivity contribution in [2.24, 2.45) is 19.1 Å². The van der Waals surface area contributed by atoms with Crippen molar-refractivity contribution in [2.45, 2.75) is 6.54 Å². The predicted octanol–water partition coefficient (Wildman–Crippen LogP) is -1.35. The molecular weight excluding hydrogens is 308 g/mol. The molecule has 0 aliphatic carbocycles. The fourth-order valence-corrected chi connectivity index (χ4v) is 2.99. The van der Waals surface area contributed by atoms with Crippen LogP contribution in [0.5, 0.6) is 0 Å². The van der Waals surface area contributed by atoms with Crippen LogP contribution in [0.4, 0.5) is 0 Å². The molecule has 0 spiro atoms. The molecular formula is C12H14N6O3S. The average molecular weight is 322 g/mol. The molecule has 9 nitrogen and oxygen atoms in total. The van der Waals surface area contributed by atoms with Crippen LogP contribution in [-0.2, 0) is 25.4 Å². The van der Waals surface area contributed by atoms with Gasteiger partial charge in [0.2, 0.25) is 5.91 Å². The van der Waals surface area contributed by atoms with Gasteiger partial charge in [-0.15, -0.1) is 0 Å². The minimum Gasteiger partial charge on any atom is -0.315 e. The number of aryl methyl sites for hydroxylation is 1. The van der Waals surface area contributed by atoms with Crippen LogP contribution in [0, 0.1) is 0 Å². The molecule has 0 saturated heterocycles. The number of thioether (sulfide) groups is 1. The van der Waals surface area contributed by atoms with Crippen LogP contribution in [0.1, 0.15) is 0 Å². The van der Waals surface area contributed by atoms with Crippen LogP contribution < -0.4 is 16.6 Å². The molecule has 2 aromatic rings. The van der Waals surface area contributed by atoms with E-state index in [0.29, 0.717) is 11.7 Å². The monoisotopic (exact) mass is 322 g/mol. The number of nitrogens with one attached hydrogen (secondary N) is 1. The van der Waals surface area contributed by atoms with Gasteiger partial charge in [0.05, 0.1) is 12.9 Å². The van der Waals surface area contributed by atoms with Crippen molar-refractivity contribution in [3.8, 4) is 0 Å². The third-order valence-electron chi connectivity index (χ3n) is 3.36. The predicted molar refractivity (Wildman–Crippen MR) is 83.1 cm³/mol. The summed E-state index contributed by atoms with van der Waals surface area (Å²) in [7, 11) is 2.93. The number of amides is 1. The Morgan fingerprint density at radius 1 is 1.36 bits per heavy atom. The number of hydrogen-bond donors (Lipinski definition) is 1. The molecule has 2 aromatic heterocycles. The zero-order valence-corrected chi connectivity index (χ0v) is 12.9. The fraction of sp³-hybridized carbons (Fsp3) is 0.417. The van der Waals surface area contributed by atoms with Gasteiger partial charge >= 0.3 is 5.69 Å². The van der Waals surface area contributed by atoms with E-state index in [4.69, 9.17) is 0 Å². The van der Waals surface area contributed by atoms with Gasteiger partial charge in [0.15, 0.2) is 16.3 Å². The molecule has 3 rings (SSSR count). The Kier molecular flexibility index (Phi) is 3.61. The number of imidazole rings is 1. The molecule has 0 fully saturated rings. The lowest BCUT2D eigenvalue weighted by Gasteiger charge is -2.07. The van der Waals surface area contributed by atoms with Gasteiger partial charge in [0, 0.05) is 19.8 Å². The molecule has 0 saturated carbocycles. The van der Waals surface area contributed by atoms with E-state index in [-0.39, 0.29) is 23.6 Å². The maximum absolute atomic E-state index is 12.2. The van der Waals surface area contributed by atoms with Crippen molar-refractivity contribution in [2.75, 3.05) is 12.3 Å². The van der Waals surface area contributed by atoms with Gasteiger partial charge in [-0.3, -0.25) is 23.7 Å². The van der Waals surface area contributed by atoms with Crippen LogP contribution in [0.25, 0.3) is 11.2 Å². The highest BCUT2D eigenvalue weighted by Crippen LogP contribution is 2.09. The lowest BCUT2D eigenvalue weighted by atomic mass is 10.4. The van der Waals surface area contributed by atoms with Gasteiger partial charge in [0.1, 0.15) is 6.54 Å². The molecule has 116 valence electrons. The van der Waals surface area contributed by atoms with E-state index in [0.717, 1.165) is 10.3 Å². The number of fused-ring (bicyclic) bond motifs is 1. The fourth-order valence-electron chi connectivity index (χ4n) is 2.24. The molecule has 0 radical (unpaired) electrons. The first-order valence-corrected chi connectivity index (χ1v) is 7.55. The van der Waals surface area contributed by atoms with Gasteiger partial charge in [-0.25, -0.2) is 9.78 Å². The van der Waals surface area contributed by atoms with Gasteiger partial charge in [-0.1, -0.05) is 11.8 Å². The first kappa shape index (κ1) is 14.6. The highest BCUT2D eigenvalue weighted by atomic mass is 32.2. The van der Waals surface area contributed by atoms with Crippen molar-refractivity contribution in [3.05, 3.63) is 27.2 Å². The Morgan fingerprint density at radius 3 is 2.82 bits per heavy atom. The number of carbonyl (C=O) groups is 1. The molecule has 10 heteroatoms. The third kappa shape index (κ3) is 2.34. The van der Waals surface area contributed by atoms with Crippen LogP contribution >= 0.6 is 11.8 Å². The smallest absolute Gasteiger partial charge is 0.315 e. The lowest BCUT2D eigenvalue weighted by Crippen LogP contribution is -2.38. The summed E-state index contributed by atoms with van der Waals surface area (Å²) in [6.45, 7) is 0.625. The maximum Gasteiger partial charge on any atom is 0.332 e. The SMILES string of the molecule is Cn1c(=O)c2c(ncn2CC(=O)NC2=NCCS2)n(C)c1=O. The zero-order chi connectivity index (χ0) is 15.9. The molecule has 1 aliphatic rings. The minimum atomic E-state index is -0.476. The second-order valence-electron chi connectivity index (χ2n) is 4.83. The molecule has 22 heavy (non-hydrogen) atoms. The number of carbonyl (C=O) groups excluding carboxylic acids is 1. The Bertz CT molecular complexity index is 906. The third-order valence-corrected chi connectivity index (χ3v) is 4.25. The van der Waals surface area contributed by atoms with Gasteiger partial charge in [-0.2, -0.15) is 0 Å². The van der Waals surface area contributed by atoms with E-state index >= 15 is 0 Å². The summed E-state index contributed by atoms with van der Waals surface area (Å²) in [4.78, 5) is 44.3. The van der Waals surface area contributed by atoms with Crippen molar-refractivity contribution in [3.63, 3.8) is 0 Å². The average Bonchev–Trinajstić information content (AvgIpc) is 3.12. The van der Waals surface area contributed by atoms with Crippen molar-refractivity contribution in [1.82, 2.24) is 24.0 Å². The van der Waals surface area contributed by atoms with Crippen molar-refractivity contribution < 1.29 is 4.79 Å². The summed E-state index contributed by atoms with van der Waals surface area (Å²) >= 11 is 1.48. The van der Waals surface area contributed by atoms with Crippen molar-refractivity contribution >= 4 is 34.0 Å². The number of rotatable bonds is 2. The molecule has 3 heterocycles. The summed E-state index contributed by atoms with van der Waals surface area (Å²) < 4.78 is 3.71. The van der Waals surface area contributed by atoms with E-state index < -0.39 is 11.2 Å². The van der Waals surface area contributed by atoms with E-state index in [1.54, 1.807) is 0 Å². The van der Waals surface area contributed by atoms with Gasteiger partial charge < -0.3 is 9.88 Å². The summed E-state index contributed by atoms with van der Waals surface area (Å²) in [5.41, 5.74) is -0.450. The first-order chi connectivity index (χ1) is 10.5. The summed E-state index contributed by atoms with van der Waals surface area (Å²) in [6, 6.07) is 0. The number of hydrogen-bond acceptors (Lipinski definition) is 6. The molecule has 0 unspecified atom stereocenters.